The van der Waals surface area contributed by atoms with Gasteiger partial charge in [0.1, 0.15) is 0 Å². The van der Waals surface area contributed by atoms with Gasteiger partial charge in [-0.1, -0.05) is 0 Å². The van der Waals surface area contributed by atoms with Crippen LogP contribution in [-0.2, 0) is 0 Å². The summed E-state index contributed by atoms with van der Waals surface area (Å²) < 4.78 is 0. The summed E-state index contributed by atoms with van der Waals surface area (Å²) in [6.07, 6.45) is 2.34. The van der Waals surface area contributed by atoms with Crippen molar-refractivity contribution in [3.8, 4) is 0 Å². The monoisotopic (exact) mass is 142 g/mol. The molecule has 0 spiro atoms. The molecule has 2 bridgehead atoms. The lowest BCUT2D eigenvalue weighted by Crippen LogP contribution is -2.50. The van der Waals surface area contributed by atoms with E-state index in [4.69, 9.17) is 0 Å². The lowest BCUT2D eigenvalue weighted by atomic mass is 10.2. The number of fused-ring (bicyclic) bond motifs is 2. The highest BCUT2D eigenvalue weighted by atomic mass is 16.5. The molecule has 2 aliphatic heterocycles. The van der Waals surface area contributed by atoms with Crippen LogP contribution in [0, 0.1) is 0 Å². The van der Waals surface area contributed by atoms with E-state index in [1.807, 2.05) is 0 Å². The van der Waals surface area contributed by atoms with Crippen LogP contribution < -0.4 is 0 Å². The molecule has 2 heterocycles. The molecular formula is C7H14N2O. The summed E-state index contributed by atoms with van der Waals surface area (Å²) in [6, 6.07) is 0.840. The first-order valence-corrected chi connectivity index (χ1v) is 3.93. The maximum absolute atomic E-state index is 9.43. The second-order valence-corrected chi connectivity index (χ2v) is 3.49. The molecule has 10 heavy (non-hydrogen) atoms. The summed E-state index contributed by atoms with van der Waals surface area (Å²) in [5.74, 6) is 0. The Morgan fingerprint density at radius 1 is 1.20 bits per heavy atom. The van der Waals surface area contributed by atoms with Gasteiger partial charge in [0.25, 0.3) is 0 Å². The van der Waals surface area contributed by atoms with Crippen LogP contribution in [0.2, 0.25) is 0 Å². The van der Waals surface area contributed by atoms with E-state index in [2.05, 4.69) is 11.9 Å². The zero-order valence-electron chi connectivity index (χ0n) is 6.32. The van der Waals surface area contributed by atoms with Crippen LogP contribution in [0.4, 0.5) is 0 Å². The summed E-state index contributed by atoms with van der Waals surface area (Å²) in [6.45, 7) is 2.07. The fourth-order valence-electron chi connectivity index (χ4n) is 2.09. The number of likely N-dealkylation sites (N-methyl/N-ethyl adjacent to an activating group) is 1. The summed E-state index contributed by atoms with van der Waals surface area (Å²) in [5, 5.41) is 11.0. The minimum absolute atomic E-state index is 0.420. The molecule has 0 radical (unpaired) electrons. The highest BCUT2D eigenvalue weighted by Crippen LogP contribution is 2.26. The van der Waals surface area contributed by atoms with Gasteiger partial charge in [0.2, 0.25) is 0 Å². The fraction of sp³-hybridized carbons (Fsp3) is 1.00. The Bertz CT molecular complexity index is 126. The van der Waals surface area contributed by atoms with E-state index in [1.165, 1.54) is 12.8 Å². The molecule has 0 aromatic carbocycles. The van der Waals surface area contributed by atoms with Gasteiger partial charge in [-0.15, -0.1) is 0 Å². The average Bonchev–Trinajstić information content (AvgIpc) is 2.20. The molecule has 2 saturated heterocycles. The zero-order chi connectivity index (χ0) is 7.14. The summed E-state index contributed by atoms with van der Waals surface area (Å²) >= 11 is 0. The van der Waals surface area contributed by atoms with Gasteiger partial charge in [-0.25, -0.2) is 0 Å². The highest BCUT2D eigenvalue weighted by molar-refractivity contribution is 4.90. The van der Waals surface area contributed by atoms with Crippen molar-refractivity contribution in [1.29, 1.82) is 0 Å². The SMILES string of the molecule is CN1CC2CCC(C1)N2O. The third-order valence-corrected chi connectivity index (χ3v) is 2.63. The van der Waals surface area contributed by atoms with Crippen LogP contribution in [0.15, 0.2) is 0 Å². The first-order valence-electron chi connectivity index (χ1n) is 3.93. The van der Waals surface area contributed by atoms with Gasteiger partial charge in [-0.05, 0) is 19.9 Å². The van der Waals surface area contributed by atoms with Crippen LogP contribution in [0.1, 0.15) is 12.8 Å². The Kier molecular flexibility index (Phi) is 1.44. The number of piperazine rings is 1. The van der Waals surface area contributed by atoms with Crippen molar-refractivity contribution >= 4 is 0 Å². The van der Waals surface area contributed by atoms with Crippen molar-refractivity contribution in [1.82, 2.24) is 9.96 Å². The Balaban J connectivity index is 2.09. The van der Waals surface area contributed by atoms with Crippen LogP contribution in [-0.4, -0.2) is 47.4 Å². The van der Waals surface area contributed by atoms with Gasteiger partial charge >= 0.3 is 0 Å². The van der Waals surface area contributed by atoms with E-state index in [9.17, 15) is 5.21 Å². The first-order chi connectivity index (χ1) is 4.77. The van der Waals surface area contributed by atoms with Crippen molar-refractivity contribution in [3.05, 3.63) is 0 Å². The van der Waals surface area contributed by atoms with E-state index in [0.717, 1.165) is 13.1 Å². The molecule has 3 heteroatoms. The predicted molar refractivity (Wildman–Crippen MR) is 37.9 cm³/mol. The Labute approximate surface area is 61.2 Å². The Hall–Kier alpha value is -0.120. The highest BCUT2D eigenvalue weighted by Gasteiger charge is 2.37. The van der Waals surface area contributed by atoms with Crippen LogP contribution in [0.3, 0.4) is 0 Å². The van der Waals surface area contributed by atoms with Gasteiger partial charge in [0.05, 0.1) is 0 Å². The fourth-order valence-corrected chi connectivity index (χ4v) is 2.09. The second kappa shape index (κ2) is 2.19. The summed E-state index contributed by atoms with van der Waals surface area (Å²) in [5.41, 5.74) is 0. The van der Waals surface area contributed by atoms with Crippen molar-refractivity contribution in [2.75, 3.05) is 20.1 Å². The Morgan fingerprint density at radius 2 is 1.70 bits per heavy atom. The average molecular weight is 142 g/mol. The molecule has 0 saturated carbocycles. The van der Waals surface area contributed by atoms with Crippen molar-refractivity contribution < 1.29 is 5.21 Å². The van der Waals surface area contributed by atoms with E-state index in [1.54, 1.807) is 5.06 Å². The van der Waals surface area contributed by atoms with Gasteiger partial charge in [0.15, 0.2) is 0 Å². The molecule has 0 amide bonds. The molecule has 2 aliphatic rings. The van der Waals surface area contributed by atoms with E-state index >= 15 is 0 Å². The molecule has 2 fully saturated rings. The predicted octanol–water partition coefficient (Wildman–Crippen LogP) is 0.154. The molecule has 58 valence electrons. The Morgan fingerprint density at radius 3 is 2.20 bits per heavy atom. The third-order valence-electron chi connectivity index (χ3n) is 2.63. The van der Waals surface area contributed by atoms with E-state index < -0.39 is 0 Å². The number of nitrogens with zero attached hydrogens (tertiary/aromatic N) is 2. The lowest BCUT2D eigenvalue weighted by Gasteiger charge is -2.34. The van der Waals surface area contributed by atoms with Gasteiger partial charge < -0.3 is 10.1 Å². The number of likely N-dealkylation sites (tertiary alicyclic amines) is 1. The largest absolute Gasteiger partial charge is 0.313 e. The number of hydrogen-bond donors (Lipinski definition) is 1. The maximum Gasteiger partial charge on any atom is 0.0481 e. The van der Waals surface area contributed by atoms with Gasteiger partial charge in [-0.2, -0.15) is 5.06 Å². The quantitative estimate of drug-likeness (QED) is 0.521. The van der Waals surface area contributed by atoms with E-state index in [0.29, 0.717) is 12.1 Å². The number of rotatable bonds is 0. The van der Waals surface area contributed by atoms with E-state index in [-0.39, 0.29) is 0 Å². The van der Waals surface area contributed by atoms with Crippen LogP contribution in [0.5, 0.6) is 0 Å². The van der Waals surface area contributed by atoms with Crippen molar-refractivity contribution in [2.24, 2.45) is 0 Å². The molecule has 0 aliphatic carbocycles. The minimum Gasteiger partial charge on any atom is -0.313 e. The standard InChI is InChI=1S/C7H14N2O/c1-8-4-6-2-3-7(5-8)9(6)10/h6-7,10H,2-5H2,1H3. The van der Waals surface area contributed by atoms with Gasteiger partial charge in [-0.3, -0.25) is 0 Å². The molecule has 2 unspecified atom stereocenters. The normalized spacial score (nSPS) is 42.6. The lowest BCUT2D eigenvalue weighted by molar-refractivity contribution is -0.160. The van der Waals surface area contributed by atoms with Crippen LogP contribution in [0.25, 0.3) is 0 Å². The molecule has 2 rings (SSSR count). The zero-order valence-corrected chi connectivity index (χ0v) is 6.32. The molecule has 2 atom stereocenters. The van der Waals surface area contributed by atoms with Crippen LogP contribution >= 0.6 is 0 Å². The third kappa shape index (κ3) is 0.856. The number of hydroxylamine groups is 2. The first kappa shape index (κ1) is 6.58. The topological polar surface area (TPSA) is 26.7 Å². The molecular weight excluding hydrogens is 128 g/mol. The minimum atomic E-state index is 0.420. The molecule has 0 aromatic rings. The van der Waals surface area contributed by atoms with Crippen molar-refractivity contribution in [3.63, 3.8) is 0 Å². The summed E-state index contributed by atoms with van der Waals surface area (Å²) in [7, 11) is 2.12. The van der Waals surface area contributed by atoms with Crippen molar-refractivity contribution in [2.45, 2.75) is 24.9 Å². The smallest absolute Gasteiger partial charge is 0.0481 e. The molecule has 0 aromatic heterocycles. The molecule has 3 nitrogen and oxygen atoms in total. The number of hydrogen-bond acceptors (Lipinski definition) is 3. The summed E-state index contributed by atoms with van der Waals surface area (Å²) in [4.78, 5) is 2.30. The maximum atomic E-state index is 9.43. The van der Waals surface area contributed by atoms with Gasteiger partial charge in [0, 0.05) is 25.2 Å². The second-order valence-electron chi connectivity index (χ2n) is 3.49. The molecule has 1 N–H and O–H groups in total.